The highest BCUT2D eigenvalue weighted by molar-refractivity contribution is 7.89. The minimum absolute atomic E-state index is 0.113. The average molecular weight is 536 g/mol. The van der Waals surface area contributed by atoms with Gasteiger partial charge in [0.2, 0.25) is 21.8 Å². The highest BCUT2D eigenvalue weighted by Gasteiger charge is 2.33. The molecule has 0 heterocycles. The number of carbonyl (C=O) groups is 2. The van der Waals surface area contributed by atoms with E-state index in [1.807, 2.05) is 82.3 Å². The molecule has 0 radical (unpaired) electrons. The van der Waals surface area contributed by atoms with Crippen molar-refractivity contribution in [1.82, 2.24) is 14.5 Å². The van der Waals surface area contributed by atoms with Crippen molar-refractivity contribution in [2.24, 2.45) is 0 Å². The van der Waals surface area contributed by atoms with Gasteiger partial charge in [0.05, 0.1) is 11.4 Å². The molecule has 38 heavy (non-hydrogen) atoms. The van der Waals surface area contributed by atoms with E-state index in [9.17, 15) is 18.0 Å². The van der Waals surface area contributed by atoms with Crippen LogP contribution in [0.3, 0.4) is 0 Å². The monoisotopic (exact) mass is 535 g/mol. The van der Waals surface area contributed by atoms with Crippen molar-refractivity contribution in [3.05, 3.63) is 101 Å². The fraction of sp³-hybridized carbons (Fsp3) is 0.333. The van der Waals surface area contributed by atoms with Crippen molar-refractivity contribution in [2.45, 2.75) is 57.6 Å². The Labute approximate surface area is 226 Å². The number of rotatable bonds is 11. The topological polar surface area (TPSA) is 86.8 Å². The molecular weight excluding hydrogens is 498 g/mol. The van der Waals surface area contributed by atoms with Crippen molar-refractivity contribution < 1.29 is 18.0 Å². The zero-order valence-corrected chi connectivity index (χ0v) is 23.5. The van der Waals surface area contributed by atoms with Gasteiger partial charge in [0.1, 0.15) is 6.04 Å². The van der Waals surface area contributed by atoms with Crippen molar-refractivity contribution >= 4 is 21.8 Å². The third-order valence-corrected chi connectivity index (χ3v) is 8.04. The average Bonchev–Trinajstić information content (AvgIpc) is 2.86. The van der Waals surface area contributed by atoms with E-state index in [1.165, 1.54) is 24.1 Å². The number of benzene rings is 3. The Balaban J connectivity index is 1.97. The van der Waals surface area contributed by atoms with E-state index in [-0.39, 0.29) is 23.4 Å². The first-order valence-electron chi connectivity index (χ1n) is 12.7. The normalized spacial score (nSPS) is 12.4. The molecule has 0 aliphatic carbocycles. The molecule has 0 aromatic heterocycles. The number of sulfonamides is 1. The molecule has 202 valence electrons. The molecule has 7 nitrogen and oxygen atoms in total. The van der Waals surface area contributed by atoms with Gasteiger partial charge < -0.3 is 10.2 Å². The van der Waals surface area contributed by atoms with Crippen LogP contribution in [0.1, 0.15) is 36.1 Å². The van der Waals surface area contributed by atoms with Crippen molar-refractivity contribution in [3.8, 4) is 0 Å². The summed E-state index contributed by atoms with van der Waals surface area (Å²) in [5.41, 5.74) is 3.73. The molecule has 1 atom stereocenters. The Bertz CT molecular complexity index is 1340. The maximum atomic E-state index is 13.8. The summed E-state index contributed by atoms with van der Waals surface area (Å²) in [6.07, 6.45) is 0.297. The molecule has 3 aromatic rings. The molecule has 0 unspecified atom stereocenters. The fourth-order valence-electron chi connectivity index (χ4n) is 4.20. The molecular formula is C30H37N3O4S. The number of nitrogens with zero attached hydrogens (tertiary/aromatic N) is 2. The second-order valence-electron chi connectivity index (χ2n) is 9.95. The number of nitrogens with one attached hydrogen (secondary N) is 1. The van der Waals surface area contributed by atoms with E-state index in [1.54, 1.807) is 12.1 Å². The Morgan fingerprint density at radius 1 is 0.842 bits per heavy atom. The number of carbonyl (C=O) groups excluding carboxylic acids is 2. The van der Waals surface area contributed by atoms with Gasteiger partial charge >= 0.3 is 0 Å². The molecule has 2 amide bonds. The lowest BCUT2D eigenvalue weighted by Crippen LogP contribution is -2.53. The zero-order valence-electron chi connectivity index (χ0n) is 22.7. The van der Waals surface area contributed by atoms with Crippen LogP contribution in [0, 0.1) is 13.8 Å². The number of hydrogen-bond donors (Lipinski definition) is 1. The van der Waals surface area contributed by atoms with Crippen LogP contribution in [0.25, 0.3) is 0 Å². The Kier molecular flexibility index (Phi) is 9.83. The number of aryl methyl sites for hydroxylation is 2. The Morgan fingerprint density at radius 2 is 1.47 bits per heavy atom. The summed E-state index contributed by atoms with van der Waals surface area (Å²) >= 11 is 0. The highest BCUT2D eigenvalue weighted by atomic mass is 32.2. The maximum absolute atomic E-state index is 13.8. The van der Waals surface area contributed by atoms with Gasteiger partial charge in [-0.2, -0.15) is 4.31 Å². The van der Waals surface area contributed by atoms with Crippen LogP contribution in [0.2, 0.25) is 0 Å². The molecule has 3 rings (SSSR count). The number of likely N-dealkylation sites (N-methyl/N-ethyl adjacent to an activating group) is 1. The molecule has 3 aromatic carbocycles. The first-order chi connectivity index (χ1) is 18.0. The van der Waals surface area contributed by atoms with Gasteiger partial charge in [-0.05, 0) is 51.0 Å². The van der Waals surface area contributed by atoms with Gasteiger partial charge in [-0.1, -0.05) is 77.9 Å². The van der Waals surface area contributed by atoms with Gasteiger partial charge in [-0.3, -0.25) is 9.59 Å². The van der Waals surface area contributed by atoms with Gasteiger partial charge in [-0.15, -0.1) is 0 Å². The van der Waals surface area contributed by atoms with E-state index in [0.29, 0.717) is 6.42 Å². The highest BCUT2D eigenvalue weighted by Crippen LogP contribution is 2.19. The van der Waals surface area contributed by atoms with Crippen LogP contribution >= 0.6 is 0 Å². The summed E-state index contributed by atoms with van der Waals surface area (Å²) in [6.45, 7) is 7.34. The minimum atomic E-state index is -3.90. The summed E-state index contributed by atoms with van der Waals surface area (Å²) in [7, 11) is -2.52. The van der Waals surface area contributed by atoms with Crippen LogP contribution < -0.4 is 5.32 Å². The van der Waals surface area contributed by atoms with E-state index in [0.717, 1.165) is 26.6 Å². The quantitative estimate of drug-likeness (QED) is 0.401. The Morgan fingerprint density at radius 3 is 2.08 bits per heavy atom. The van der Waals surface area contributed by atoms with Crippen LogP contribution in [-0.4, -0.2) is 55.1 Å². The van der Waals surface area contributed by atoms with E-state index in [2.05, 4.69) is 5.32 Å². The van der Waals surface area contributed by atoms with E-state index >= 15 is 0 Å². The van der Waals surface area contributed by atoms with Crippen LogP contribution in [-0.2, 0) is 32.6 Å². The molecule has 0 saturated heterocycles. The number of hydrogen-bond acceptors (Lipinski definition) is 4. The molecule has 8 heteroatoms. The first kappa shape index (κ1) is 29.1. The van der Waals surface area contributed by atoms with Crippen molar-refractivity contribution in [3.63, 3.8) is 0 Å². The lowest BCUT2D eigenvalue weighted by Gasteiger charge is -2.33. The van der Waals surface area contributed by atoms with Crippen molar-refractivity contribution in [2.75, 3.05) is 13.6 Å². The van der Waals surface area contributed by atoms with E-state index in [4.69, 9.17) is 0 Å². The lowest BCUT2D eigenvalue weighted by atomic mass is 10.0. The molecule has 0 fully saturated rings. The largest absolute Gasteiger partial charge is 0.352 e. The molecule has 0 saturated carbocycles. The van der Waals surface area contributed by atoms with Gasteiger partial charge in [-0.25, -0.2) is 8.42 Å². The summed E-state index contributed by atoms with van der Waals surface area (Å²) in [4.78, 5) is 28.9. The Hall–Kier alpha value is -3.49. The SMILES string of the molecule is Cc1ccc(S(=O)(=O)N(C)CC(=O)N(Cc2cccc(C)c2)[C@H](Cc2ccccc2)C(=O)NC(C)C)cc1. The first-order valence-corrected chi connectivity index (χ1v) is 14.1. The zero-order chi connectivity index (χ0) is 27.9. The second kappa shape index (κ2) is 12.8. The predicted molar refractivity (Wildman–Crippen MR) is 150 cm³/mol. The van der Waals surface area contributed by atoms with Crippen LogP contribution in [0.5, 0.6) is 0 Å². The minimum Gasteiger partial charge on any atom is -0.352 e. The second-order valence-corrected chi connectivity index (χ2v) is 12.0. The summed E-state index contributed by atoms with van der Waals surface area (Å²) in [5, 5.41) is 2.95. The summed E-state index contributed by atoms with van der Waals surface area (Å²) in [5.74, 6) is -0.738. The smallest absolute Gasteiger partial charge is 0.243 e. The third-order valence-electron chi connectivity index (χ3n) is 6.22. The molecule has 0 spiro atoms. The van der Waals surface area contributed by atoms with Crippen molar-refractivity contribution in [1.29, 1.82) is 0 Å². The summed E-state index contributed by atoms with van der Waals surface area (Å²) < 4.78 is 27.5. The lowest BCUT2D eigenvalue weighted by molar-refractivity contribution is -0.141. The number of amides is 2. The maximum Gasteiger partial charge on any atom is 0.243 e. The molecule has 0 bridgehead atoms. The van der Waals surface area contributed by atoms with Gasteiger partial charge in [0.15, 0.2) is 0 Å². The third kappa shape index (κ3) is 7.76. The van der Waals surface area contributed by atoms with E-state index < -0.39 is 28.5 Å². The van der Waals surface area contributed by atoms with Gasteiger partial charge in [0, 0.05) is 26.1 Å². The van der Waals surface area contributed by atoms with Gasteiger partial charge in [0.25, 0.3) is 0 Å². The standard InChI is InChI=1S/C30H37N3O4S/c1-22(2)31-30(35)28(19-25-11-7-6-8-12-25)33(20-26-13-9-10-24(4)18-26)29(34)21-32(5)38(36,37)27-16-14-23(3)15-17-27/h6-18,22,28H,19-21H2,1-5H3,(H,31,35)/t28-/m1/s1. The van der Waals surface area contributed by atoms with Crippen LogP contribution in [0.4, 0.5) is 0 Å². The molecule has 0 aliphatic heterocycles. The molecule has 1 N–H and O–H groups in total. The summed E-state index contributed by atoms with van der Waals surface area (Å²) in [6, 6.07) is 22.8. The van der Waals surface area contributed by atoms with Crippen LogP contribution in [0.15, 0.2) is 83.8 Å². The predicted octanol–water partition coefficient (Wildman–Crippen LogP) is 4.09. The molecule has 0 aliphatic rings. The fourth-order valence-corrected chi connectivity index (χ4v) is 5.32.